The van der Waals surface area contributed by atoms with Crippen LogP contribution in [0.4, 0.5) is 8.78 Å². The molecule has 0 saturated carbocycles. The van der Waals surface area contributed by atoms with E-state index in [1.54, 1.807) is 50.2 Å². The molecule has 0 spiro atoms. The number of aromatic nitrogens is 1. The van der Waals surface area contributed by atoms with E-state index < -0.39 is 12.6 Å². The van der Waals surface area contributed by atoms with E-state index in [-0.39, 0.29) is 24.0 Å². The first-order valence-corrected chi connectivity index (χ1v) is 8.28. The molecule has 0 unspecified atom stereocenters. The van der Waals surface area contributed by atoms with Gasteiger partial charge in [0.1, 0.15) is 5.75 Å². The molecule has 0 fully saturated rings. The van der Waals surface area contributed by atoms with Crippen molar-refractivity contribution in [3.05, 3.63) is 60.0 Å². The highest BCUT2D eigenvalue weighted by Gasteiger charge is 2.21. The van der Waals surface area contributed by atoms with Gasteiger partial charge in [-0.05, 0) is 37.6 Å². The topological polar surface area (TPSA) is 61.6 Å². The highest BCUT2D eigenvalue weighted by molar-refractivity contribution is 5.88. The van der Waals surface area contributed by atoms with Crippen LogP contribution < -0.4 is 4.74 Å². The Morgan fingerprint density at radius 1 is 1.15 bits per heavy atom. The summed E-state index contributed by atoms with van der Waals surface area (Å²) in [5, 5.41) is 0. The van der Waals surface area contributed by atoms with Crippen molar-refractivity contribution in [1.82, 2.24) is 4.98 Å². The predicted molar refractivity (Wildman–Crippen MR) is 94.7 cm³/mol. The van der Waals surface area contributed by atoms with E-state index in [0.717, 1.165) is 0 Å². The summed E-state index contributed by atoms with van der Waals surface area (Å²) in [6, 6.07) is 13.6. The normalized spacial score (nSPS) is 10.9. The van der Waals surface area contributed by atoms with Gasteiger partial charge in [-0.3, -0.25) is 0 Å². The zero-order valence-corrected chi connectivity index (χ0v) is 14.7. The Labute approximate surface area is 154 Å². The van der Waals surface area contributed by atoms with E-state index >= 15 is 0 Å². The largest absolute Gasteiger partial charge is 0.460 e. The molecule has 1 heterocycles. The van der Waals surface area contributed by atoms with E-state index in [0.29, 0.717) is 22.4 Å². The number of benzene rings is 2. The van der Waals surface area contributed by atoms with Crippen LogP contribution in [0, 0.1) is 6.92 Å². The molecule has 0 bridgehead atoms. The molecule has 140 valence electrons. The number of aryl methyl sites for hydroxylation is 1. The summed E-state index contributed by atoms with van der Waals surface area (Å²) in [4.78, 5) is 16.2. The fourth-order valence-corrected chi connectivity index (χ4v) is 2.61. The molecule has 0 aliphatic carbocycles. The standard InChI is InChI=1S/C20H17F2NO4/c1-3-25-19(24)17-12(2)23-18(27-17)14-9-10-16(26-20(21)22)15(11-14)13-7-5-4-6-8-13/h4-11,20H,3H2,1-2H3. The third kappa shape index (κ3) is 4.13. The Morgan fingerprint density at radius 3 is 2.56 bits per heavy atom. The summed E-state index contributed by atoms with van der Waals surface area (Å²) in [6.45, 7) is 0.591. The molecular formula is C20H17F2NO4. The summed E-state index contributed by atoms with van der Waals surface area (Å²) in [7, 11) is 0. The van der Waals surface area contributed by atoms with Gasteiger partial charge in [0.15, 0.2) is 0 Å². The molecule has 0 atom stereocenters. The van der Waals surface area contributed by atoms with E-state index in [9.17, 15) is 13.6 Å². The first-order chi connectivity index (χ1) is 13.0. The van der Waals surface area contributed by atoms with Crippen LogP contribution in [0.3, 0.4) is 0 Å². The Balaban J connectivity index is 2.05. The lowest BCUT2D eigenvalue weighted by molar-refractivity contribution is -0.0494. The van der Waals surface area contributed by atoms with Crippen LogP contribution in [-0.4, -0.2) is 24.2 Å². The first-order valence-electron chi connectivity index (χ1n) is 8.28. The Kier molecular flexibility index (Phi) is 5.49. The van der Waals surface area contributed by atoms with Crippen molar-refractivity contribution in [2.24, 2.45) is 0 Å². The summed E-state index contributed by atoms with van der Waals surface area (Å²) in [5.74, 6) is -0.360. The maximum Gasteiger partial charge on any atom is 0.387 e. The second-order valence-electron chi connectivity index (χ2n) is 5.61. The highest BCUT2D eigenvalue weighted by Crippen LogP contribution is 2.35. The third-order valence-electron chi connectivity index (χ3n) is 3.78. The van der Waals surface area contributed by atoms with Crippen LogP contribution in [0.25, 0.3) is 22.6 Å². The molecule has 7 heteroatoms. The zero-order valence-electron chi connectivity index (χ0n) is 14.7. The Hall–Kier alpha value is -3.22. The number of halogens is 2. The molecule has 0 aliphatic rings. The Morgan fingerprint density at radius 2 is 1.89 bits per heavy atom. The first kappa shape index (κ1) is 18.6. The summed E-state index contributed by atoms with van der Waals surface area (Å²) in [6.07, 6.45) is 0. The van der Waals surface area contributed by atoms with Crippen molar-refractivity contribution in [1.29, 1.82) is 0 Å². The Bertz CT molecular complexity index is 938. The molecule has 0 aliphatic heterocycles. The van der Waals surface area contributed by atoms with Gasteiger partial charge in [-0.1, -0.05) is 30.3 Å². The van der Waals surface area contributed by atoms with Crippen molar-refractivity contribution in [2.75, 3.05) is 6.61 Å². The number of esters is 1. The molecule has 27 heavy (non-hydrogen) atoms. The number of carbonyl (C=O) groups is 1. The number of ether oxygens (including phenoxy) is 2. The van der Waals surface area contributed by atoms with Gasteiger partial charge in [0, 0.05) is 11.1 Å². The van der Waals surface area contributed by atoms with E-state index in [1.807, 2.05) is 6.07 Å². The molecule has 0 N–H and O–H groups in total. The van der Waals surface area contributed by atoms with Crippen molar-refractivity contribution < 1.29 is 27.5 Å². The quantitative estimate of drug-likeness (QED) is 0.563. The van der Waals surface area contributed by atoms with Gasteiger partial charge in [-0.25, -0.2) is 9.78 Å². The minimum absolute atomic E-state index is 0.0148. The number of hydrogen-bond acceptors (Lipinski definition) is 5. The van der Waals surface area contributed by atoms with Crippen LogP contribution in [0.1, 0.15) is 23.2 Å². The third-order valence-corrected chi connectivity index (χ3v) is 3.78. The number of nitrogens with zero attached hydrogens (tertiary/aromatic N) is 1. The minimum atomic E-state index is -2.95. The van der Waals surface area contributed by atoms with Crippen LogP contribution in [0.5, 0.6) is 5.75 Å². The average Bonchev–Trinajstić information content (AvgIpc) is 3.04. The maximum atomic E-state index is 12.8. The van der Waals surface area contributed by atoms with Gasteiger partial charge in [0.25, 0.3) is 0 Å². The van der Waals surface area contributed by atoms with E-state index in [2.05, 4.69) is 9.72 Å². The number of hydrogen-bond donors (Lipinski definition) is 0. The molecule has 0 radical (unpaired) electrons. The molecule has 2 aromatic carbocycles. The lowest BCUT2D eigenvalue weighted by atomic mass is 10.0. The number of carbonyl (C=O) groups excluding carboxylic acids is 1. The summed E-state index contributed by atoms with van der Waals surface area (Å²) >= 11 is 0. The van der Waals surface area contributed by atoms with Gasteiger partial charge in [-0.15, -0.1) is 0 Å². The molecule has 0 amide bonds. The summed E-state index contributed by atoms with van der Waals surface area (Å²) in [5.41, 5.74) is 2.07. The number of alkyl halides is 2. The highest BCUT2D eigenvalue weighted by atomic mass is 19.3. The minimum Gasteiger partial charge on any atom is -0.460 e. The van der Waals surface area contributed by atoms with E-state index in [4.69, 9.17) is 9.15 Å². The van der Waals surface area contributed by atoms with Gasteiger partial charge in [-0.2, -0.15) is 8.78 Å². The molecule has 3 rings (SSSR count). The fourth-order valence-electron chi connectivity index (χ4n) is 2.61. The van der Waals surface area contributed by atoms with Crippen LogP contribution >= 0.6 is 0 Å². The lowest BCUT2D eigenvalue weighted by Gasteiger charge is -2.12. The van der Waals surface area contributed by atoms with Crippen molar-refractivity contribution in [2.45, 2.75) is 20.5 Å². The monoisotopic (exact) mass is 373 g/mol. The van der Waals surface area contributed by atoms with Crippen molar-refractivity contribution in [3.63, 3.8) is 0 Å². The number of oxazole rings is 1. The molecular weight excluding hydrogens is 356 g/mol. The second-order valence-corrected chi connectivity index (χ2v) is 5.61. The van der Waals surface area contributed by atoms with Gasteiger partial charge < -0.3 is 13.9 Å². The van der Waals surface area contributed by atoms with Crippen LogP contribution in [-0.2, 0) is 4.74 Å². The SMILES string of the molecule is CCOC(=O)c1oc(-c2ccc(OC(F)F)c(-c3ccccc3)c2)nc1C. The average molecular weight is 373 g/mol. The smallest absolute Gasteiger partial charge is 0.387 e. The predicted octanol–water partition coefficient (Wildman–Crippen LogP) is 5.10. The molecule has 3 aromatic rings. The lowest BCUT2D eigenvalue weighted by Crippen LogP contribution is -2.04. The molecule has 0 saturated heterocycles. The maximum absolute atomic E-state index is 12.8. The number of rotatable bonds is 6. The molecule has 5 nitrogen and oxygen atoms in total. The van der Waals surface area contributed by atoms with Crippen LogP contribution in [0.2, 0.25) is 0 Å². The van der Waals surface area contributed by atoms with Gasteiger partial charge in [0.2, 0.25) is 11.7 Å². The van der Waals surface area contributed by atoms with E-state index in [1.165, 1.54) is 6.07 Å². The van der Waals surface area contributed by atoms with Crippen LogP contribution in [0.15, 0.2) is 52.9 Å². The fraction of sp³-hybridized carbons (Fsp3) is 0.200. The van der Waals surface area contributed by atoms with Gasteiger partial charge in [0.05, 0.1) is 12.3 Å². The molecule has 1 aromatic heterocycles. The van der Waals surface area contributed by atoms with Crippen molar-refractivity contribution in [3.8, 4) is 28.3 Å². The summed E-state index contributed by atoms with van der Waals surface area (Å²) < 4.78 is 40.6. The van der Waals surface area contributed by atoms with Gasteiger partial charge >= 0.3 is 12.6 Å². The zero-order chi connectivity index (χ0) is 19.4. The second kappa shape index (κ2) is 7.99. The van der Waals surface area contributed by atoms with Crippen molar-refractivity contribution >= 4 is 5.97 Å².